The van der Waals surface area contributed by atoms with Crippen molar-refractivity contribution in [3.63, 3.8) is 0 Å². The van der Waals surface area contributed by atoms with Gasteiger partial charge in [-0.05, 0) is 50.5 Å². The molecule has 18 heavy (non-hydrogen) atoms. The summed E-state index contributed by atoms with van der Waals surface area (Å²) >= 11 is 0. The van der Waals surface area contributed by atoms with Crippen molar-refractivity contribution in [2.75, 3.05) is 6.54 Å². The third-order valence-electron chi connectivity index (χ3n) is 4.53. The summed E-state index contributed by atoms with van der Waals surface area (Å²) in [6.07, 6.45) is 12.1. The van der Waals surface area contributed by atoms with Gasteiger partial charge in [-0.3, -0.25) is 0 Å². The molecular weight excluding hydrogens is 222 g/mol. The topological polar surface area (TPSA) is 29.9 Å². The Morgan fingerprint density at radius 3 is 2.78 bits per heavy atom. The maximum atomic E-state index is 4.54. The predicted molar refractivity (Wildman–Crippen MR) is 73.5 cm³/mol. The van der Waals surface area contributed by atoms with E-state index < -0.39 is 0 Å². The lowest BCUT2D eigenvalue weighted by Gasteiger charge is -2.37. The Kier molecular flexibility index (Phi) is 3.69. The minimum absolute atomic E-state index is 0.855. The molecule has 1 N–H and O–H groups in total. The molecule has 100 valence electrons. The number of imidazole rings is 1. The Balaban J connectivity index is 1.50. The van der Waals surface area contributed by atoms with Crippen LogP contribution in [0, 0.1) is 11.8 Å². The highest BCUT2D eigenvalue weighted by atomic mass is 15.1. The standard InChI is InChI=1S/C15H25N3/c1-2-8-18-9-7-16-15(18)10-12-3-4-13(12)11-17-14-5-6-14/h7,9,12-14,17H,2-6,8,10-11H2,1H3. The van der Waals surface area contributed by atoms with E-state index in [2.05, 4.69) is 28.0 Å². The van der Waals surface area contributed by atoms with E-state index in [4.69, 9.17) is 0 Å². The predicted octanol–water partition coefficient (Wildman–Crippen LogP) is 2.61. The summed E-state index contributed by atoms with van der Waals surface area (Å²) < 4.78 is 2.34. The van der Waals surface area contributed by atoms with E-state index >= 15 is 0 Å². The van der Waals surface area contributed by atoms with Crippen molar-refractivity contribution < 1.29 is 0 Å². The van der Waals surface area contributed by atoms with Gasteiger partial charge in [0.05, 0.1) is 0 Å². The molecule has 0 aliphatic heterocycles. The molecular formula is C15H25N3. The zero-order valence-corrected chi connectivity index (χ0v) is 11.4. The number of aromatic nitrogens is 2. The van der Waals surface area contributed by atoms with E-state index in [0.717, 1.165) is 24.4 Å². The van der Waals surface area contributed by atoms with Gasteiger partial charge in [-0.15, -0.1) is 0 Å². The maximum absolute atomic E-state index is 4.54. The molecule has 3 heteroatoms. The molecule has 1 aromatic heterocycles. The maximum Gasteiger partial charge on any atom is 0.108 e. The van der Waals surface area contributed by atoms with Crippen LogP contribution in [0.1, 0.15) is 44.9 Å². The first kappa shape index (κ1) is 12.2. The highest BCUT2D eigenvalue weighted by Gasteiger charge is 2.33. The molecule has 2 unspecified atom stereocenters. The zero-order valence-electron chi connectivity index (χ0n) is 11.4. The molecule has 2 atom stereocenters. The second-order valence-electron chi connectivity index (χ2n) is 6.02. The summed E-state index contributed by atoms with van der Waals surface area (Å²) in [4.78, 5) is 4.54. The number of hydrogen-bond acceptors (Lipinski definition) is 2. The van der Waals surface area contributed by atoms with Crippen LogP contribution in [0.4, 0.5) is 0 Å². The number of nitrogens with one attached hydrogen (secondary N) is 1. The van der Waals surface area contributed by atoms with Gasteiger partial charge in [-0.1, -0.05) is 6.92 Å². The van der Waals surface area contributed by atoms with Gasteiger partial charge in [0.1, 0.15) is 5.82 Å². The van der Waals surface area contributed by atoms with Crippen molar-refractivity contribution >= 4 is 0 Å². The lowest BCUT2D eigenvalue weighted by atomic mass is 9.71. The Labute approximate surface area is 110 Å². The van der Waals surface area contributed by atoms with Crippen LogP contribution in [0.5, 0.6) is 0 Å². The van der Waals surface area contributed by atoms with E-state index in [1.807, 2.05) is 6.20 Å². The molecule has 0 radical (unpaired) electrons. The largest absolute Gasteiger partial charge is 0.335 e. The van der Waals surface area contributed by atoms with Crippen LogP contribution in [0.15, 0.2) is 12.4 Å². The SMILES string of the molecule is CCCn1ccnc1CC1CCC1CNC1CC1. The first-order valence-electron chi connectivity index (χ1n) is 7.60. The van der Waals surface area contributed by atoms with E-state index in [0.29, 0.717) is 0 Å². The first-order valence-corrected chi connectivity index (χ1v) is 7.60. The third-order valence-corrected chi connectivity index (χ3v) is 4.53. The summed E-state index contributed by atoms with van der Waals surface area (Å²) in [5.74, 6) is 3.07. The fraction of sp³-hybridized carbons (Fsp3) is 0.800. The zero-order chi connectivity index (χ0) is 12.4. The van der Waals surface area contributed by atoms with Gasteiger partial charge >= 0.3 is 0 Å². The van der Waals surface area contributed by atoms with Crippen LogP contribution in [0.25, 0.3) is 0 Å². The van der Waals surface area contributed by atoms with E-state index in [9.17, 15) is 0 Å². The second-order valence-corrected chi connectivity index (χ2v) is 6.02. The van der Waals surface area contributed by atoms with Crippen molar-refractivity contribution in [1.29, 1.82) is 0 Å². The molecule has 0 aromatic carbocycles. The highest BCUT2D eigenvalue weighted by Crippen LogP contribution is 2.36. The van der Waals surface area contributed by atoms with Crippen LogP contribution in [0.3, 0.4) is 0 Å². The molecule has 0 saturated heterocycles. The molecule has 2 saturated carbocycles. The van der Waals surface area contributed by atoms with Crippen molar-refractivity contribution in [3.8, 4) is 0 Å². The minimum Gasteiger partial charge on any atom is -0.335 e. The third kappa shape index (κ3) is 2.77. The molecule has 2 fully saturated rings. The Bertz CT molecular complexity index is 381. The molecule has 2 aliphatic rings. The normalized spacial score (nSPS) is 27.2. The lowest BCUT2D eigenvalue weighted by Crippen LogP contribution is -2.37. The first-order chi connectivity index (χ1) is 8.86. The molecule has 0 amide bonds. The summed E-state index contributed by atoms with van der Waals surface area (Å²) in [5, 5.41) is 3.68. The monoisotopic (exact) mass is 247 g/mol. The summed E-state index contributed by atoms with van der Waals surface area (Å²) in [6.45, 7) is 4.59. The minimum atomic E-state index is 0.855. The van der Waals surface area contributed by atoms with E-state index in [1.54, 1.807) is 0 Å². The van der Waals surface area contributed by atoms with Crippen molar-refractivity contribution in [2.45, 2.75) is 58.0 Å². The molecule has 0 spiro atoms. The quantitative estimate of drug-likeness (QED) is 0.802. The van der Waals surface area contributed by atoms with Gasteiger partial charge in [0, 0.05) is 31.4 Å². The van der Waals surface area contributed by atoms with Gasteiger partial charge in [0.25, 0.3) is 0 Å². The van der Waals surface area contributed by atoms with Gasteiger partial charge in [0.15, 0.2) is 0 Å². The van der Waals surface area contributed by atoms with Gasteiger partial charge in [-0.2, -0.15) is 0 Å². The molecule has 2 aliphatic carbocycles. The number of nitrogens with zero attached hydrogens (tertiary/aromatic N) is 2. The second kappa shape index (κ2) is 5.43. The Hall–Kier alpha value is -0.830. The number of hydrogen-bond donors (Lipinski definition) is 1. The van der Waals surface area contributed by atoms with Gasteiger partial charge < -0.3 is 9.88 Å². The lowest BCUT2D eigenvalue weighted by molar-refractivity contribution is 0.166. The van der Waals surface area contributed by atoms with Crippen LogP contribution >= 0.6 is 0 Å². The molecule has 3 nitrogen and oxygen atoms in total. The average Bonchev–Trinajstić information content (AvgIpc) is 3.06. The summed E-state index contributed by atoms with van der Waals surface area (Å²) in [6, 6.07) is 0.855. The van der Waals surface area contributed by atoms with Crippen molar-refractivity contribution in [3.05, 3.63) is 18.2 Å². The molecule has 3 rings (SSSR count). The van der Waals surface area contributed by atoms with Gasteiger partial charge in [0.2, 0.25) is 0 Å². The van der Waals surface area contributed by atoms with Crippen molar-refractivity contribution in [1.82, 2.24) is 14.9 Å². The van der Waals surface area contributed by atoms with E-state index in [1.165, 1.54) is 50.9 Å². The van der Waals surface area contributed by atoms with Crippen LogP contribution in [0.2, 0.25) is 0 Å². The van der Waals surface area contributed by atoms with E-state index in [-0.39, 0.29) is 0 Å². The molecule has 0 bridgehead atoms. The smallest absolute Gasteiger partial charge is 0.108 e. The number of aryl methyl sites for hydroxylation is 1. The van der Waals surface area contributed by atoms with Gasteiger partial charge in [-0.25, -0.2) is 4.98 Å². The molecule has 1 heterocycles. The fourth-order valence-corrected chi connectivity index (χ4v) is 2.99. The number of rotatable bonds is 7. The van der Waals surface area contributed by atoms with Crippen LogP contribution in [-0.4, -0.2) is 22.1 Å². The highest BCUT2D eigenvalue weighted by molar-refractivity contribution is 4.98. The van der Waals surface area contributed by atoms with Crippen LogP contribution < -0.4 is 5.32 Å². The Morgan fingerprint density at radius 2 is 2.11 bits per heavy atom. The Morgan fingerprint density at radius 1 is 1.28 bits per heavy atom. The molecule has 1 aromatic rings. The summed E-state index contributed by atoms with van der Waals surface area (Å²) in [7, 11) is 0. The average molecular weight is 247 g/mol. The van der Waals surface area contributed by atoms with Crippen molar-refractivity contribution in [2.24, 2.45) is 11.8 Å². The fourth-order valence-electron chi connectivity index (χ4n) is 2.99. The summed E-state index contributed by atoms with van der Waals surface area (Å²) in [5.41, 5.74) is 0. The van der Waals surface area contributed by atoms with Crippen LogP contribution in [-0.2, 0) is 13.0 Å².